The number of fused-ring (bicyclic) bond motifs is 1. The Hall–Kier alpha value is -2.82. The summed E-state index contributed by atoms with van der Waals surface area (Å²) in [4.78, 5) is 4.78. The van der Waals surface area contributed by atoms with Gasteiger partial charge >= 0.3 is 0 Å². The predicted octanol–water partition coefficient (Wildman–Crippen LogP) is 4.02. The van der Waals surface area contributed by atoms with Gasteiger partial charge in [-0.2, -0.15) is 0 Å². The topological polar surface area (TPSA) is 53.4 Å². The van der Waals surface area contributed by atoms with Crippen molar-refractivity contribution in [1.82, 2.24) is 4.98 Å². The van der Waals surface area contributed by atoms with Crippen LogP contribution in [0.2, 0.25) is 5.02 Å². The number of pyridine rings is 1. The average Bonchev–Trinajstić information content (AvgIpc) is 2.64. The Kier molecular flexibility index (Phi) is 5.79. The van der Waals surface area contributed by atoms with E-state index >= 15 is 0 Å². The number of nitrogens with zero attached hydrogens (tertiary/aromatic N) is 1. The number of benzene rings is 2. The van der Waals surface area contributed by atoms with Crippen LogP contribution < -0.4 is 0 Å². The summed E-state index contributed by atoms with van der Waals surface area (Å²) >= 11 is 6.17. The van der Waals surface area contributed by atoms with Gasteiger partial charge in [0.15, 0.2) is 0 Å². The lowest BCUT2D eigenvalue weighted by Gasteiger charge is -2.11. The van der Waals surface area contributed by atoms with E-state index < -0.39 is 12.2 Å². The molecule has 4 heteroatoms. The van der Waals surface area contributed by atoms with Crippen LogP contribution >= 0.6 is 11.6 Å². The number of aliphatic hydroxyl groups is 2. The van der Waals surface area contributed by atoms with Crippen LogP contribution in [0.4, 0.5) is 0 Å². The summed E-state index contributed by atoms with van der Waals surface area (Å²) in [6.07, 6.45) is -1.56. The highest BCUT2D eigenvalue weighted by atomic mass is 35.5. The number of hydrogen-bond donors (Lipinski definition) is 2. The van der Waals surface area contributed by atoms with E-state index in [2.05, 4.69) is 23.7 Å². The van der Waals surface area contributed by atoms with E-state index in [4.69, 9.17) is 16.6 Å². The van der Waals surface area contributed by atoms with Crippen LogP contribution in [-0.4, -0.2) is 27.4 Å². The van der Waals surface area contributed by atoms with Crippen molar-refractivity contribution in [3.63, 3.8) is 0 Å². The first kappa shape index (κ1) is 19.0. The molecule has 3 aromatic rings. The van der Waals surface area contributed by atoms with Crippen molar-refractivity contribution >= 4 is 22.5 Å². The molecule has 0 aliphatic rings. The van der Waals surface area contributed by atoms with Gasteiger partial charge in [-0.3, -0.25) is 0 Å². The lowest BCUT2D eigenvalue weighted by Crippen LogP contribution is -2.00. The third-order valence-electron chi connectivity index (χ3n) is 3.80. The first-order valence-electron chi connectivity index (χ1n) is 8.53. The Morgan fingerprint density at radius 1 is 0.889 bits per heavy atom. The van der Waals surface area contributed by atoms with Crippen molar-refractivity contribution in [3.05, 3.63) is 64.7 Å². The maximum absolute atomic E-state index is 9.65. The third-order valence-corrected chi connectivity index (χ3v) is 4.04. The van der Waals surface area contributed by atoms with Crippen LogP contribution in [0, 0.1) is 23.7 Å². The van der Waals surface area contributed by atoms with Crippen molar-refractivity contribution in [2.75, 3.05) is 0 Å². The van der Waals surface area contributed by atoms with E-state index in [1.54, 1.807) is 19.9 Å². The van der Waals surface area contributed by atoms with Gasteiger partial charge in [-0.05, 0) is 32.0 Å². The Bertz CT molecular complexity index is 1110. The van der Waals surface area contributed by atoms with Crippen LogP contribution in [0.25, 0.3) is 22.2 Å². The minimum Gasteiger partial charge on any atom is -0.381 e. The van der Waals surface area contributed by atoms with Gasteiger partial charge < -0.3 is 10.2 Å². The summed E-state index contributed by atoms with van der Waals surface area (Å²) in [6, 6.07) is 15.0. The molecule has 0 spiro atoms. The largest absolute Gasteiger partial charge is 0.381 e. The second kappa shape index (κ2) is 8.25. The number of hydrogen-bond acceptors (Lipinski definition) is 3. The van der Waals surface area contributed by atoms with E-state index in [1.165, 1.54) is 0 Å². The number of rotatable bonds is 1. The fourth-order valence-electron chi connectivity index (χ4n) is 2.66. The van der Waals surface area contributed by atoms with Crippen molar-refractivity contribution in [3.8, 4) is 34.9 Å². The summed E-state index contributed by atoms with van der Waals surface area (Å²) in [5, 5.41) is 20.7. The first-order valence-corrected chi connectivity index (χ1v) is 8.91. The van der Waals surface area contributed by atoms with Gasteiger partial charge in [-0.25, -0.2) is 4.98 Å². The lowest BCUT2D eigenvalue weighted by atomic mass is 9.96. The maximum Gasteiger partial charge on any atom is 0.112 e. The highest BCUT2D eigenvalue weighted by molar-refractivity contribution is 6.30. The smallest absolute Gasteiger partial charge is 0.112 e. The summed E-state index contributed by atoms with van der Waals surface area (Å²) in [7, 11) is 0. The molecule has 2 N–H and O–H groups in total. The van der Waals surface area contributed by atoms with Crippen molar-refractivity contribution in [1.29, 1.82) is 0 Å². The quantitative estimate of drug-likeness (QED) is 0.631. The van der Waals surface area contributed by atoms with Crippen LogP contribution in [0.3, 0.4) is 0 Å². The third kappa shape index (κ3) is 4.48. The monoisotopic (exact) mass is 375 g/mol. The first-order chi connectivity index (χ1) is 13.0. The number of aromatic nitrogens is 1. The minimum absolute atomic E-state index is 0.591. The second-order valence-corrected chi connectivity index (χ2v) is 6.56. The van der Waals surface area contributed by atoms with Crippen molar-refractivity contribution < 1.29 is 10.2 Å². The van der Waals surface area contributed by atoms with Crippen LogP contribution in [0.5, 0.6) is 0 Å². The fourth-order valence-corrected chi connectivity index (χ4v) is 2.85. The molecule has 0 amide bonds. The SMILES string of the molecule is CC(O)C#Cc1c(-c2cccc(Cl)c2)nc2ccccc2c1C#CC(C)O. The van der Waals surface area contributed by atoms with Gasteiger partial charge in [-0.15, -0.1) is 0 Å². The zero-order chi connectivity index (χ0) is 19.4. The van der Waals surface area contributed by atoms with E-state index in [0.717, 1.165) is 16.5 Å². The molecule has 3 nitrogen and oxygen atoms in total. The van der Waals surface area contributed by atoms with Crippen LogP contribution in [0.15, 0.2) is 48.5 Å². The van der Waals surface area contributed by atoms with E-state index in [1.807, 2.05) is 42.5 Å². The molecular formula is C23H18ClNO2. The number of para-hydroxylation sites is 1. The summed E-state index contributed by atoms with van der Waals surface area (Å²) in [5.41, 5.74) is 3.49. The zero-order valence-electron chi connectivity index (χ0n) is 15.0. The number of aliphatic hydroxyl groups excluding tert-OH is 2. The predicted molar refractivity (Wildman–Crippen MR) is 109 cm³/mol. The molecule has 1 heterocycles. The molecular weight excluding hydrogens is 358 g/mol. The Morgan fingerprint density at radius 3 is 2.22 bits per heavy atom. The molecule has 0 saturated heterocycles. The molecule has 0 fully saturated rings. The second-order valence-electron chi connectivity index (χ2n) is 6.13. The molecule has 134 valence electrons. The molecule has 2 unspecified atom stereocenters. The molecule has 1 aromatic heterocycles. The average molecular weight is 376 g/mol. The van der Waals surface area contributed by atoms with E-state index in [9.17, 15) is 10.2 Å². The molecule has 27 heavy (non-hydrogen) atoms. The summed E-state index contributed by atoms with van der Waals surface area (Å²) in [5.74, 6) is 11.6. The van der Waals surface area contributed by atoms with Gasteiger partial charge in [0.2, 0.25) is 0 Å². The molecule has 0 bridgehead atoms. The van der Waals surface area contributed by atoms with Gasteiger partial charge in [-0.1, -0.05) is 65.6 Å². The van der Waals surface area contributed by atoms with E-state index in [-0.39, 0.29) is 0 Å². The molecule has 3 rings (SSSR count). The van der Waals surface area contributed by atoms with Crippen LogP contribution in [0.1, 0.15) is 25.0 Å². The summed E-state index contributed by atoms with van der Waals surface area (Å²) in [6.45, 7) is 3.21. The van der Waals surface area contributed by atoms with Crippen LogP contribution in [-0.2, 0) is 0 Å². The maximum atomic E-state index is 9.65. The minimum atomic E-state index is -0.791. The Labute approximate surface area is 163 Å². The summed E-state index contributed by atoms with van der Waals surface area (Å²) < 4.78 is 0. The molecule has 0 saturated carbocycles. The Balaban J connectivity index is 2.42. The molecule has 0 radical (unpaired) electrons. The Morgan fingerprint density at radius 2 is 1.56 bits per heavy atom. The zero-order valence-corrected chi connectivity index (χ0v) is 15.7. The molecule has 2 aromatic carbocycles. The lowest BCUT2D eigenvalue weighted by molar-refractivity contribution is 0.253. The van der Waals surface area contributed by atoms with Gasteiger partial charge in [0.25, 0.3) is 0 Å². The van der Waals surface area contributed by atoms with Gasteiger partial charge in [0, 0.05) is 16.0 Å². The molecule has 2 atom stereocenters. The normalized spacial score (nSPS) is 12.5. The van der Waals surface area contributed by atoms with Crippen molar-refractivity contribution in [2.24, 2.45) is 0 Å². The molecule has 0 aliphatic heterocycles. The fraction of sp³-hybridized carbons (Fsp3) is 0.174. The van der Waals surface area contributed by atoms with Gasteiger partial charge in [0.05, 0.1) is 22.3 Å². The number of halogens is 1. The van der Waals surface area contributed by atoms with Crippen molar-refractivity contribution in [2.45, 2.75) is 26.1 Å². The van der Waals surface area contributed by atoms with Gasteiger partial charge in [0.1, 0.15) is 12.2 Å². The molecule has 0 aliphatic carbocycles. The standard InChI is InChI=1S/C23H18ClNO2/c1-15(26)10-12-19-20-8-3-4-9-22(20)25-23(21(19)13-11-16(2)27)17-6-5-7-18(24)14-17/h3-9,14-16,26-27H,1-2H3. The van der Waals surface area contributed by atoms with E-state index in [0.29, 0.717) is 21.8 Å². The highest BCUT2D eigenvalue weighted by Crippen LogP contribution is 2.30. The highest BCUT2D eigenvalue weighted by Gasteiger charge is 2.14.